The minimum Gasteiger partial charge on any atom is -0.323 e. The summed E-state index contributed by atoms with van der Waals surface area (Å²) in [6.45, 7) is 6.01. The molecule has 25 heavy (non-hydrogen) atoms. The van der Waals surface area contributed by atoms with E-state index in [1.165, 1.54) is 0 Å². The second-order valence-electron chi connectivity index (χ2n) is 8.18. The molecule has 8 heteroatoms. The topological polar surface area (TPSA) is 96.3 Å². The van der Waals surface area contributed by atoms with Crippen LogP contribution in [0.25, 0.3) is 0 Å². The Labute approximate surface area is 146 Å². The molecule has 0 radical (unpaired) electrons. The zero-order valence-electron chi connectivity index (χ0n) is 15.1. The van der Waals surface area contributed by atoms with Crippen LogP contribution in [0.15, 0.2) is 12.3 Å². The van der Waals surface area contributed by atoms with E-state index in [4.69, 9.17) is 0 Å². The van der Waals surface area contributed by atoms with Gasteiger partial charge in [-0.05, 0) is 30.6 Å². The van der Waals surface area contributed by atoms with Crippen molar-refractivity contribution < 1.29 is 14.4 Å². The molecule has 2 atom stereocenters. The molecule has 0 aromatic carbocycles. The van der Waals surface area contributed by atoms with Crippen molar-refractivity contribution in [1.29, 1.82) is 0 Å². The number of rotatable bonds is 3. The van der Waals surface area contributed by atoms with E-state index in [0.717, 1.165) is 11.3 Å². The molecule has 136 valence electrons. The molecule has 1 saturated carbocycles. The molecule has 2 heterocycles. The van der Waals surface area contributed by atoms with Crippen molar-refractivity contribution in [2.75, 3.05) is 11.9 Å². The van der Waals surface area contributed by atoms with Crippen LogP contribution in [-0.2, 0) is 16.6 Å². The summed E-state index contributed by atoms with van der Waals surface area (Å²) in [5, 5.41) is 9.52. The number of nitrogens with one attached hydrogen (secondary N) is 2. The smallest absolute Gasteiger partial charge is 0.323 e. The Hall–Kier alpha value is -2.38. The second kappa shape index (κ2) is 5.86. The van der Waals surface area contributed by atoms with Gasteiger partial charge in [0.1, 0.15) is 12.1 Å². The third-order valence-corrected chi connectivity index (χ3v) is 4.91. The van der Waals surface area contributed by atoms with Gasteiger partial charge >= 0.3 is 6.03 Å². The number of hydrogen-bond acceptors (Lipinski definition) is 4. The monoisotopic (exact) mass is 347 g/mol. The molecule has 1 aromatic heterocycles. The first-order chi connectivity index (χ1) is 11.6. The molecule has 3 rings (SSSR count). The molecule has 2 unspecified atom stereocenters. The van der Waals surface area contributed by atoms with Gasteiger partial charge in [-0.25, -0.2) is 4.79 Å². The van der Waals surface area contributed by atoms with Crippen LogP contribution in [0.5, 0.6) is 0 Å². The summed E-state index contributed by atoms with van der Waals surface area (Å²) in [5.74, 6) is -0.0207. The molecule has 0 bridgehead atoms. The molecule has 8 nitrogen and oxygen atoms in total. The van der Waals surface area contributed by atoms with E-state index in [1.54, 1.807) is 24.0 Å². The van der Waals surface area contributed by atoms with E-state index >= 15 is 0 Å². The van der Waals surface area contributed by atoms with Crippen molar-refractivity contribution in [3.8, 4) is 0 Å². The zero-order chi connectivity index (χ0) is 18.4. The second-order valence-corrected chi connectivity index (χ2v) is 8.18. The first-order valence-electron chi connectivity index (χ1n) is 8.54. The quantitative estimate of drug-likeness (QED) is 0.810. The van der Waals surface area contributed by atoms with Crippen molar-refractivity contribution in [1.82, 2.24) is 20.0 Å². The Kier molecular flexibility index (Phi) is 4.09. The summed E-state index contributed by atoms with van der Waals surface area (Å²) in [7, 11) is 1.74. The SMILES string of the molecule is CC1CC(C)(C)CC2(C1)NC(=O)N(CC(=O)Nc1ccn(C)n1)C2=O. The Morgan fingerprint density at radius 2 is 2.12 bits per heavy atom. The van der Waals surface area contributed by atoms with Gasteiger partial charge < -0.3 is 10.6 Å². The summed E-state index contributed by atoms with van der Waals surface area (Å²) < 4.78 is 1.56. The fourth-order valence-electron chi connectivity index (χ4n) is 4.46. The first-order valence-corrected chi connectivity index (χ1v) is 8.54. The average Bonchev–Trinajstić information content (AvgIpc) is 2.94. The highest BCUT2D eigenvalue weighted by Crippen LogP contribution is 2.46. The van der Waals surface area contributed by atoms with Crippen molar-refractivity contribution in [3.63, 3.8) is 0 Å². The lowest BCUT2D eigenvalue weighted by Gasteiger charge is -2.43. The van der Waals surface area contributed by atoms with E-state index in [0.29, 0.717) is 24.6 Å². The van der Waals surface area contributed by atoms with E-state index < -0.39 is 17.5 Å². The predicted octanol–water partition coefficient (Wildman–Crippen LogP) is 1.50. The minimum atomic E-state index is -0.885. The summed E-state index contributed by atoms with van der Waals surface area (Å²) in [4.78, 5) is 38.5. The van der Waals surface area contributed by atoms with Crippen LogP contribution in [0.3, 0.4) is 0 Å². The highest BCUT2D eigenvalue weighted by Gasteiger charge is 2.56. The highest BCUT2D eigenvalue weighted by molar-refractivity contribution is 6.10. The number of hydrogen-bond donors (Lipinski definition) is 2. The number of imide groups is 1. The lowest BCUT2D eigenvalue weighted by molar-refractivity contribution is -0.136. The lowest BCUT2D eigenvalue weighted by Crippen LogP contribution is -2.54. The number of carbonyl (C=O) groups excluding carboxylic acids is 3. The van der Waals surface area contributed by atoms with E-state index in [1.807, 2.05) is 0 Å². The molecular formula is C17H25N5O3. The molecule has 1 spiro atoms. The van der Waals surface area contributed by atoms with Gasteiger partial charge in [0.2, 0.25) is 5.91 Å². The number of carbonyl (C=O) groups is 3. The zero-order valence-corrected chi connectivity index (χ0v) is 15.1. The van der Waals surface area contributed by atoms with Gasteiger partial charge in [-0.2, -0.15) is 5.10 Å². The van der Waals surface area contributed by atoms with Gasteiger partial charge in [0.15, 0.2) is 5.82 Å². The Balaban J connectivity index is 1.72. The van der Waals surface area contributed by atoms with Gasteiger partial charge in [0, 0.05) is 19.3 Å². The number of aryl methyl sites for hydroxylation is 1. The van der Waals surface area contributed by atoms with E-state index in [2.05, 4.69) is 36.5 Å². The van der Waals surface area contributed by atoms with Crippen LogP contribution in [0, 0.1) is 11.3 Å². The fourth-order valence-corrected chi connectivity index (χ4v) is 4.46. The normalized spacial score (nSPS) is 28.3. The standard InChI is InChI=1S/C17H25N5O3/c1-11-7-16(2,3)10-17(8-11)14(24)22(15(25)19-17)9-13(23)18-12-5-6-21(4)20-12/h5-6,11H,7-10H2,1-4H3,(H,19,25)(H,18,20,23). The Bertz CT molecular complexity index is 726. The molecule has 1 aliphatic heterocycles. The third-order valence-electron chi connectivity index (χ3n) is 4.91. The molecule has 2 aliphatic rings. The lowest BCUT2D eigenvalue weighted by atomic mass is 9.64. The number of anilines is 1. The van der Waals surface area contributed by atoms with Crippen LogP contribution in [0.4, 0.5) is 10.6 Å². The Morgan fingerprint density at radius 3 is 2.72 bits per heavy atom. The largest absolute Gasteiger partial charge is 0.325 e. The van der Waals surface area contributed by atoms with Crippen molar-refractivity contribution in [2.45, 2.75) is 45.6 Å². The number of aromatic nitrogens is 2. The van der Waals surface area contributed by atoms with Crippen molar-refractivity contribution in [2.24, 2.45) is 18.4 Å². The van der Waals surface area contributed by atoms with E-state index in [9.17, 15) is 14.4 Å². The third kappa shape index (κ3) is 3.38. The maximum Gasteiger partial charge on any atom is 0.325 e. The van der Waals surface area contributed by atoms with Gasteiger partial charge in [0.05, 0.1) is 0 Å². The van der Waals surface area contributed by atoms with Gasteiger partial charge in [-0.1, -0.05) is 20.8 Å². The number of amides is 4. The maximum absolute atomic E-state index is 13.0. The van der Waals surface area contributed by atoms with Crippen molar-refractivity contribution in [3.05, 3.63) is 12.3 Å². The van der Waals surface area contributed by atoms with E-state index in [-0.39, 0.29) is 17.9 Å². The summed E-state index contributed by atoms with van der Waals surface area (Å²) >= 11 is 0. The first kappa shape index (κ1) is 17.4. The summed E-state index contributed by atoms with van der Waals surface area (Å²) in [6, 6.07) is 1.16. The minimum absolute atomic E-state index is 0.0349. The molecule has 4 amide bonds. The van der Waals surface area contributed by atoms with Crippen LogP contribution in [0.2, 0.25) is 0 Å². The van der Waals surface area contributed by atoms with Crippen LogP contribution in [-0.4, -0.2) is 44.6 Å². The van der Waals surface area contributed by atoms with Gasteiger partial charge in [-0.3, -0.25) is 19.2 Å². The predicted molar refractivity (Wildman–Crippen MR) is 91.6 cm³/mol. The Morgan fingerprint density at radius 1 is 1.40 bits per heavy atom. The molecule has 1 aliphatic carbocycles. The number of urea groups is 1. The summed E-state index contributed by atoms with van der Waals surface area (Å²) in [5.41, 5.74) is -0.920. The molecular weight excluding hydrogens is 322 g/mol. The molecule has 1 aromatic rings. The number of nitrogens with zero attached hydrogens (tertiary/aromatic N) is 3. The van der Waals surface area contributed by atoms with Crippen LogP contribution in [0.1, 0.15) is 40.0 Å². The molecule has 1 saturated heterocycles. The average molecular weight is 347 g/mol. The maximum atomic E-state index is 13.0. The highest BCUT2D eigenvalue weighted by atomic mass is 16.2. The molecule has 2 fully saturated rings. The fraction of sp³-hybridized carbons (Fsp3) is 0.647. The van der Waals surface area contributed by atoms with Gasteiger partial charge in [-0.15, -0.1) is 0 Å². The van der Waals surface area contributed by atoms with Crippen LogP contribution >= 0.6 is 0 Å². The van der Waals surface area contributed by atoms with Crippen molar-refractivity contribution >= 4 is 23.7 Å². The molecule has 2 N–H and O–H groups in total. The van der Waals surface area contributed by atoms with Crippen LogP contribution < -0.4 is 10.6 Å². The van der Waals surface area contributed by atoms with Gasteiger partial charge in [0.25, 0.3) is 5.91 Å². The summed E-state index contributed by atoms with van der Waals surface area (Å²) in [6.07, 6.45) is 3.91.